The summed E-state index contributed by atoms with van der Waals surface area (Å²) in [4.78, 5) is 4.38. The van der Waals surface area contributed by atoms with E-state index in [0.29, 0.717) is 6.04 Å². The minimum Gasteiger partial charge on any atom is -0.397 e. The Hall–Kier alpha value is -1.25. The van der Waals surface area contributed by atoms with Gasteiger partial charge in [0.2, 0.25) is 0 Å². The summed E-state index contributed by atoms with van der Waals surface area (Å²) in [6.07, 6.45) is 2.51. The van der Waals surface area contributed by atoms with E-state index in [-0.39, 0.29) is 0 Å². The molecule has 1 aliphatic carbocycles. The molecular weight excluding hydrogens is 174 g/mol. The Morgan fingerprint density at radius 2 is 2.14 bits per heavy atom. The van der Waals surface area contributed by atoms with Crippen LogP contribution in [-0.4, -0.2) is 11.0 Å². The highest BCUT2D eigenvalue weighted by molar-refractivity contribution is 5.49. The van der Waals surface area contributed by atoms with Crippen LogP contribution in [0.4, 0.5) is 11.5 Å². The molecule has 0 spiro atoms. The second-order valence-electron chi connectivity index (χ2n) is 4.29. The van der Waals surface area contributed by atoms with Crippen molar-refractivity contribution < 1.29 is 0 Å². The van der Waals surface area contributed by atoms with Crippen LogP contribution in [0.25, 0.3) is 0 Å². The number of nitrogen functional groups attached to an aromatic ring is 1. The lowest BCUT2D eigenvalue weighted by atomic mass is 9.82. The Kier molecular flexibility index (Phi) is 2.32. The maximum atomic E-state index is 5.70. The molecule has 0 amide bonds. The van der Waals surface area contributed by atoms with Gasteiger partial charge in [-0.1, -0.05) is 6.92 Å². The summed E-state index contributed by atoms with van der Waals surface area (Å²) in [6, 6.07) is 4.47. The number of pyridine rings is 1. The van der Waals surface area contributed by atoms with Crippen molar-refractivity contribution in [3.05, 3.63) is 17.8 Å². The standard InChI is InChI=1S/C11H17N3/c1-7-5-9(6-7)14-11-4-3-10(12)8(2)13-11/h3-4,7,9H,5-6,12H2,1-2H3,(H,13,14). The number of hydrogen-bond acceptors (Lipinski definition) is 3. The Bertz CT molecular complexity index is 329. The fraction of sp³-hybridized carbons (Fsp3) is 0.545. The highest BCUT2D eigenvalue weighted by atomic mass is 15.0. The largest absolute Gasteiger partial charge is 0.397 e. The van der Waals surface area contributed by atoms with Crippen LogP contribution in [0.2, 0.25) is 0 Å². The Morgan fingerprint density at radius 3 is 2.71 bits per heavy atom. The third-order valence-electron chi connectivity index (χ3n) is 2.85. The highest BCUT2D eigenvalue weighted by Crippen LogP contribution is 2.29. The third-order valence-corrected chi connectivity index (χ3v) is 2.85. The number of nitrogens with two attached hydrogens (primary N) is 1. The molecule has 1 aromatic rings. The van der Waals surface area contributed by atoms with Crippen molar-refractivity contribution in [2.45, 2.75) is 32.7 Å². The van der Waals surface area contributed by atoms with E-state index in [0.717, 1.165) is 23.1 Å². The van der Waals surface area contributed by atoms with Crippen molar-refractivity contribution in [1.29, 1.82) is 0 Å². The van der Waals surface area contributed by atoms with Crippen molar-refractivity contribution in [2.75, 3.05) is 11.1 Å². The van der Waals surface area contributed by atoms with E-state index in [1.807, 2.05) is 19.1 Å². The molecule has 1 saturated carbocycles. The summed E-state index contributed by atoms with van der Waals surface area (Å²) in [6.45, 7) is 4.21. The number of hydrogen-bond donors (Lipinski definition) is 2. The first-order chi connectivity index (χ1) is 6.65. The lowest BCUT2D eigenvalue weighted by molar-refractivity contribution is 0.308. The molecule has 3 heteroatoms. The van der Waals surface area contributed by atoms with Gasteiger partial charge in [0, 0.05) is 6.04 Å². The minimum absolute atomic E-state index is 0.612. The molecule has 3 N–H and O–H groups in total. The molecule has 1 heterocycles. The van der Waals surface area contributed by atoms with Crippen LogP contribution in [0.3, 0.4) is 0 Å². The van der Waals surface area contributed by atoms with Gasteiger partial charge in [-0.25, -0.2) is 4.98 Å². The number of anilines is 2. The Labute approximate surface area is 84.7 Å². The quantitative estimate of drug-likeness (QED) is 0.753. The zero-order chi connectivity index (χ0) is 10.1. The maximum absolute atomic E-state index is 5.70. The predicted octanol–water partition coefficient (Wildman–Crippen LogP) is 2.18. The fourth-order valence-corrected chi connectivity index (χ4v) is 1.88. The minimum atomic E-state index is 0.612. The topological polar surface area (TPSA) is 50.9 Å². The average molecular weight is 191 g/mol. The van der Waals surface area contributed by atoms with E-state index >= 15 is 0 Å². The fourth-order valence-electron chi connectivity index (χ4n) is 1.88. The van der Waals surface area contributed by atoms with Gasteiger partial charge in [0.15, 0.2) is 0 Å². The molecule has 2 rings (SSSR count). The predicted molar refractivity (Wildman–Crippen MR) is 59.2 cm³/mol. The molecule has 1 aromatic heterocycles. The van der Waals surface area contributed by atoms with Gasteiger partial charge < -0.3 is 11.1 Å². The van der Waals surface area contributed by atoms with Gasteiger partial charge in [-0.05, 0) is 37.8 Å². The lowest BCUT2D eigenvalue weighted by Crippen LogP contribution is -2.34. The van der Waals surface area contributed by atoms with Crippen molar-refractivity contribution in [3.63, 3.8) is 0 Å². The van der Waals surface area contributed by atoms with E-state index in [9.17, 15) is 0 Å². The first kappa shape index (κ1) is 9.31. The molecule has 0 aliphatic heterocycles. The molecule has 0 aromatic carbocycles. The molecule has 0 atom stereocenters. The molecule has 0 bridgehead atoms. The van der Waals surface area contributed by atoms with E-state index < -0.39 is 0 Å². The summed E-state index contributed by atoms with van der Waals surface area (Å²) in [5.41, 5.74) is 7.36. The van der Waals surface area contributed by atoms with Gasteiger partial charge in [-0.15, -0.1) is 0 Å². The Morgan fingerprint density at radius 1 is 1.43 bits per heavy atom. The lowest BCUT2D eigenvalue weighted by Gasteiger charge is -2.33. The molecule has 0 saturated heterocycles. The first-order valence-corrected chi connectivity index (χ1v) is 5.15. The highest BCUT2D eigenvalue weighted by Gasteiger charge is 2.25. The summed E-state index contributed by atoms with van der Waals surface area (Å²) < 4.78 is 0. The number of aromatic nitrogens is 1. The van der Waals surface area contributed by atoms with Crippen molar-refractivity contribution >= 4 is 11.5 Å². The molecule has 14 heavy (non-hydrogen) atoms. The van der Waals surface area contributed by atoms with Crippen LogP contribution in [0.1, 0.15) is 25.5 Å². The molecule has 0 unspecified atom stereocenters. The molecule has 1 fully saturated rings. The van der Waals surface area contributed by atoms with Gasteiger partial charge in [-0.3, -0.25) is 0 Å². The monoisotopic (exact) mass is 191 g/mol. The van der Waals surface area contributed by atoms with E-state index in [1.54, 1.807) is 0 Å². The number of nitrogens with zero attached hydrogens (tertiary/aromatic N) is 1. The second-order valence-corrected chi connectivity index (χ2v) is 4.29. The number of rotatable bonds is 2. The molecule has 76 valence electrons. The normalized spacial score (nSPS) is 25.6. The number of aryl methyl sites for hydroxylation is 1. The SMILES string of the molecule is Cc1nc(NC2CC(C)C2)ccc1N. The smallest absolute Gasteiger partial charge is 0.126 e. The van der Waals surface area contributed by atoms with E-state index in [1.165, 1.54) is 12.8 Å². The van der Waals surface area contributed by atoms with Crippen LogP contribution in [0.15, 0.2) is 12.1 Å². The molecule has 1 aliphatic rings. The van der Waals surface area contributed by atoms with E-state index in [4.69, 9.17) is 5.73 Å². The number of nitrogens with one attached hydrogen (secondary N) is 1. The molecular formula is C11H17N3. The zero-order valence-corrected chi connectivity index (χ0v) is 8.75. The third kappa shape index (κ3) is 1.81. The van der Waals surface area contributed by atoms with Gasteiger partial charge in [0.05, 0.1) is 11.4 Å². The summed E-state index contributed by atoms with van der Waals surface area (Å²) in [7, 11) is 0. The van der Waals surface area contributed by atoms with Gasteiger partial charge in [0.1, 0.15) is 5.82 Å². The van der Waals surface area contributed by atoms with Crippen LogP contribution in [-0.2, 0) is 0 Å². The van der Waals surface area contributed by atoms with Gasteiger partial charge >= 0.3 is 0 Å². The first-order valence-electron chi connectivity index (χ1n) is 5.15. The maximum Gasteiger partial charge on any atom is 0.126 e. The van der Waals surface area contributed by atoms with Crippen molar-refractivity contribution in [2.24, 2.45) is 5.92 Å². The average Bonchev–Trinajstić information content (AvgIpc) is 2.09. The second kappa shape index (κ2) is 3.48. The van der Waals surface area contributed by atoms with Crippen molar-refractivity contribution in [1.82, 2.24) is 4.98 Å². The summed E-state index contributed by atoms with van der Waals surface area (Å²) in [5.74, 6) is 1.82. The van der Waals surface area contributed by atoms with Crippen molar-refractivity contribution in [3.8, 4) is 0 Å². The van der Waals surface area contributed by atoms with Crippen LogP contribution < -0.4 is 11.1 Å². The molecule has 3 nitrogen and oxygen atoms in total. The van der Waals surface area contributed by atoms with Crippen LogP contribution >= 0.6 is 0 Å². The molecule has 0 radical (unpaired) electrons. The summed E-state index contributed by atoms with van der Waals surface area (Å²) in [5, 5.41) is 3.41. The zero-order valence-electron chi connectivity index (χ0n) is 8.75. The van der Waals surface area contributed by atoms with Crippen LogP contribution in [0.5, 0.6) is 0 Å². The van der Waals surface area contributed by atoms with E-state index in [2.05, 4.69) is 17.2 Å². The van der Waals surface area contributed by atoms with Gasteiger partial charge in [-0.2, -0.15) is 0 Å². The Balaban J connectivity index is 2.00. The van der Waals surface area contributed by atoms with Crippen LogP contribution in [0, 0.1) is 12.8 Å². The summed E-state index contributed by atoms with van der Waals surface area (Å²) >= 11 is 0. The van der Waals surface area contributed by atoms with Gasteiger partial charge in [0.25, 0.3) is 0 Å².